The van der Waals surface area contributed by atoms with E-state index < -0.39 is 11.6 Å². The van der Waals surface area contributed by atoms with Crippen molar-refractivity contribution in [3.63, 3.8) is 0 Å². The molecule has 1 aromatic rings. The van der Waals surface area contributed by atoms with Crippen LogP contribution in [0.25, 0.3) is 0 Å². The molecule has 0 atom stereocenters. The molecule has 5 heteroatoms. The maximum absolute atomic E-state index is 13.4. The SMILES string of the molecule is CCCCNC(=O)CNc1cc(F)c(C)cc1F. The van der Waals surface area contributed by atoms with Crippen molar-refractivity contribution in [2.24, 2.45) is 0 Å². The summed E-state index contributed by atoms with van der Waals surface area (Å²) >= 11 is 0. The third-order valence-electron chi connectivity index (χ3n) is 2.54. The zero-order chi connectivity index (χ0) is 13.5. The Morgan fingerprint density at radius 1 is 1.28 bits per heavy atom. The van der Waals surface area contributed by atoms with Crippen molar-refractivity contribution in [3.05, 3.63) is 29.3 Å². The second-order valence-electron chi connectivity index (χ2n) is 4.14. The fraction of sp³-hybridized carbons (Fsp3) is 0.462. The summed E-state index contributed by atoms with van der Waals surface area (Å²) in [6.07, 6.45) is 1.89. The normalized spacial score (nSPS) is 10.2. The van der Waals surface area contributed by atoms with E-state index in [4.69, 9.17) is 0 Å². The van der Waals surface area contributed by atoms with E-state index in [2.05, 4.69) is 10.6 Å². The standard InChI is InChI=1S/C13H18F2N2O/c1-3-4-5-16-13(18)8-17-12-7-10(14)9(2)6-11(12)15/h6-7,17H,3-5,8H2,1-2H3,(H,16,18). The van der Waals surface area contributed by atoms with Gasteiger partial charge in [0.25, 0.3) is 0 Å². The molecule has 18 heavy (non-hydrogen) atoms. The number of unbranched alkanes of at least 4 members (excludes halogenated alkanes) is 1. The predicted molar refractivity (Wildman–Crippen MR) is 67.5 cm³/mol. The van der Waals surface area contributed by atoms with Gasteiger partial charge in [-0.05, 0) is 25.0 Å². The van der Waals surface area contributed by atoms with Crippen LogP contribution in [-0.4, -0.2) is 19.0 Å². The van der Waals surface area contributed by atoms with Gasteiger partial charge < -0.3 is 10.6 Å². The molecule has 0 fully saturated rings. The summed E-state index contributed by atoms with van der Waals surface area (Å²) in [5.41, 5.74) is 0.245. The molecule has 0 aliphatic heterocycles. The van der Waals surface area contributed by atoms with Crippen LogP contribution in [0.3, 0.4) is 0 Å². The Balaban J connectivity index is 2.48. The van der Waals surface area contributed by atoms with Gasteiger partial charge in [-0.1, -0.05) is 13.3 Å². The Labute approximate surface area is 106 Å². The van der Waals surface area contributed by atoms with E-state index in [-0.39, 0.29) is 23.7 Å². The number of halogens is 2. The molecule has 0 saturated heterocycles. The topological polar surface area (TPSA) is 41.1 Å². The number of nitrogens with one attached hydrogen (secondary N) is 2. The van der Waals surface area contributed by atoms with Crippen molar-refractivity contribution in [3.8, 4) is 0 Å². The first-order valence-corrected chi connectivity index (χ1v) is 6.00. The van der Waals surface area contributed by atoms with Gasteiger partial charge in [-0.3, -0.25) is 4.79 Å². The average Bonchev–Trinajstić information content (AvgIpc) is 2.32. The predicted octanol–water partition coefficient (Wildman–Crippen LogP) is 2.60. The minimum atomic E-state index is -0.560. The van der Waals surface area contributed by atoms with E-state index in [0.717, 1.165) is 25.0 Å². The van der Waals surface area contributed by atoms with Crippen molar-refractivity contribution in [2.45, 2.75) is 26.7 Å². The first-order chi connectivity index (χ1) is 8.54. The summed E-state index contributed by atoms with van der Waals surface area (Å²) in [6, 6.07) is 2.16. The van der Waals surface area contributed by atoms with Crippen LogP contribution in [0.15, 0.2) is 12.1 Å². The first-order valence-electron chi connectivity index (χ1n) is 6.00. The molecular formula is C13H18F2N2O. The third-order valence-corrected chi connectivity index (χ3v) is 2.54. The quantitative estimate of drug-likeness (QED) is 0.768. The summed E-state index contributed by atoms with van der Waals surface area (Å²) in [5, 5.41) is 5.26. The van der Waals surface area contributed by atoms with E-state index in [1.807, 2.05) is 6.92 Å². The number of hydrogen-bond donors (Lipinski definition) is 2. The lowest BCUT2D eigenvalue weighted by Crippen LogP contribution is -2.30. The maximum atomic E-state index is 13.4. The number of rotatable bonds is 6. The smallest absolute Gasteiger partial charge is 0.239 e. The van der Waals surface area contributed by atoms with Gasteiger partial charge >= 0.3 is 0 Å². The molecule has 0 heterocycles. The molecular weight excluding hydrogens is 238 g/mol. The Morgan fingerprint density at radius 3 is 2.67 bits per heavy atom. The van der Waals surface area contributed by atoms with Gasteiger partial charge in [-0.2, -0.15) is 0 Å². The van der Waals surface area contributed by atoms with Crippen molar-refractivity contribution in [1.29, 1.82) is 0 Å². The fourth-order valence-electron chi connectivity index (χ4n) is 1.42. The van der Waals surface area contributed by atoms with Crippen LogP contribution >= 0.6 is 0 Å². The molecule has 1 aromatic carbocycles. The molecule has 0 radical (unpaired) electrons. The van der Waals surface area contributed by atoms with E-state index in [1.165, 1.54) is 6.92 Å². The highest BCUT2D eigenvalue weighted by atomic mass is 19.1. The summed E-state index contributed by atoms with van der Waals surface area (Å²) in [6.45, 7) is 4.04. The minimum absolute atomic E-state index is 0.00346. The molecule has 0 bridgehead atoms. The molecule has 0 aliphatic carbocycles. The second kappa shape index (κ2) is 6.93. The zero-order valence-electron chi connectivity index (χ0n) is 10.6. The summed E-state index contributed by atoms with van der Waals surface area (Å²) < 4.78 is 26.7. The molecule has 1 amide bonds. The van der Waals surface area contributed by atoms with Crippen LogP contribution in [0.5, 0.6) is 0 Å². The average molecular weight is 256 g/mol. The molecule has 0 unspecified atom stereocenters. The Hall–Kier alpha value is -1.65. The fourth-order valence-corrected chi connectivity index (χ4v) is 1.42. The van der Waals surface area contributed by atoms with Gasteiger partial charge in [0.15, 0.2) is 0 Å². The highest BCUT2D eigenvalue weighted by molar-refractivity contribution is 5.80. The van der Waals surface area contributed by atoms with Gasteiger partial charge in [-0.25, -0.2) is 8.78 Å². The molecule has 0 aromatic heterocycles. The number of amides is 1. The van der Waals surface area contributed by atoms with Crippen LogP contribution in [0.1, 0.15) is 25.3 Å². The monoisotopic (exact) mass is 256 g/mol. The largest absolute Gasteiger partial charge is 0.374 e. The van der Waals surface area contributed by atoms with Gasteiger partial charge in [0.05, 0.1) is 12.2 Å². The lowest BCUT2D eigenvalue weighted by molar-refractivity contribution is -0.119. The van der Waals surface area contributed by atoms with Crippen LogP contribution in [0.4, 0.5) is 14.5 Å². The zero-order valence-corrected chi connectivity index (χ0v) is 10.6. The highest BCUT2D eigenvalue weighted by Gasteiger charge is 2.08. The summed E-state index contributed by atoms with van der Waals surface area (Å²) in [4.78, 5) is 11.4. The highest BCUT2D eigenvalue weighted by Crippen LogP contribution is 2.18. The molecule has 3 nitrogen and oxygen atoms in total. The number of carbonyl (C=O) groups is 1. The van der Waals surface area contributed by atoms with Gasteiger partial charge in [0.1, 0.15) is 11.6 Å². The third kappa shape index (κ3) is 4.31. The van der Waals surface area contributed by atoms with Gasteiger partial charge in [0.2, 0.25) is 5.91 Å². The Bertz CT molecular complexity index is 422. The molecule has 100 valence electrons. The van der Waals surface area contributed by atoms with Gasteiger partial charge in [-0.15, -0.1) is 0 Å². The van der Waals surface area contributed by atoms with E-state index in [1.54, 1.807) is 0 Å². The van der Waals surface area contributed by atoms with Crippen molar-refractivity contribution in [1.82, 2.24) is 5.32 Å². The Morgan fingerprint density at radius 2 is 2.00 bits per heavy atom. The number of hydrogen-bond acceptors (Lipinski definition) is 2. The molecule has 0 saturated carbocycles. The van der Waals surface area contributed by atoms with Crippen molar-refractivity contribution < 1.29 is 13.6 Å². The summed E-state index contributed by atoms with van der Waals surface area (Å²) in [7, 11) is 0. The van der Waals surface area contributed by atoms with Crippen molar-refractivity contribution in [2.75, 3.05) is 18.4 Å². The van der Waals surface area contributed by atoms with E-state index in [0.29, 0.717) is 6.54 Å². The van der Waals surface area contributed by atoms with Crippen LogP contribution in [-0.2, 0) is 4.79 Å². The number of aryl methyl sites for hydroxylation is 1. The summed E-state index contributed by atoms with van der Waals surface area (Å²) in [5.74, 6) is -1.29. The first kappa shape index (κ1) is 14.4. The van der Waals surface area contributed by atoms with Crippen LogP contribution < -0.4 is 10.6 Å². The lowest BCUT2D eigenvalue weighted by atomic mass is 10.2. The minimum Gasteiger partial charge on any atom is -0.374 e. The van der Waals surface area contributed by atoms with Crippen LogP contribution in [0, 0.1) is 18.6 Å². The van der Waals surface area contributed by atoms with Crippen LogP contribution in [0.2, 0.25) is 0 Å². The molecule has 1 rings (SSSR count). The second-order valence-corrected chi connectivity index (χ2v) is 4.14. The van der Waals surface area contributed by atoms with Crippen molar-refractivity contribution >= 4 is 11.6 Å². The van der Waals surface area contributed by atoms with E-state index in [9.17, 15) is 13.6 Å². The van der Waals surface area contributed by atoms with Gasteiger partial charge in [0, 0.05) is 12.6 Å². The number of anilines is 1. The molecule has 0 spiro atoms. The molecule has 2 N–H and O–H groups in total. The lowest BCUT2D eigenvalue weighted by Gasteiger charge is -2.09. The number of benzene rings is 1. The van der Waals surface area contributed by atoms with E-state index >= 15 is 0 Å². The maximum Gasteiger partial charge on any atom is 0.239 e. The Kier molecular flexibility index (Phi) is 5.55. The number of carbonyl (C=O) groups excluding carboxylic acids is 1. The molecule has 0 aliphatic rings.